The highest BCUT2D eigenvalue weighted by Crippen LogP contribution is 2.48. The third-order valence-corrected chi connectivity index (χ3v) is 4.17. The van der Waals surface area contributed by atoms with Crippen molar-refractivity contribution in [1.29, 1.82) is 0 Å². The zero-order chi connectivity index (χ0) is 19.6. The summed E-state index contributed by atoms with van der Waals surface area (Å²) < 4.78 is 54.8. The first-order valence-electron chi connectivity index (χ1n) is 7.59. The first-order valence-corrected chi connectivity index (χ1v) is 7.59. The van der Waals surface area contributed by atoms with E-state index in [1.54, 1.807) is 13.8 Å². The number of halogens is 3. The van der Waals surface area contributed by atoms with Crippen LogP contribution in [0.15, 0.2) is 12.1 Å². The fourth-order valence-electron chi connectivity index (χ4n) is 1.96. The molecule has 1 atom stereocenters. The zero-order valence-electron chi connectivity index (χ0n) is 15.1. The van der Waals surface area contributed by atoms with Crippen molar-refractivity contribution in [1.82, 2.24) is 0 Å². The summed E-state index contributed by atoms with van der Waals surface area (Å²) in [5, 5.41) is 9.99. The number of ether oxygens (including phenoxy) is 3. The molecular weight excluding hydrogens is 341 g/mol. The average Bonchev–Trinajstić information content (AvgIpc) is 2.52. The number of carbonyl (C=O) groups is 1. The molecular formula is C17H23F3O5. The number of carbonyl (C=O) groups excluding carboxylic acids is 1. The van der Waals surface area contributed by atoms with Crippen molar-refractivity contribution in [2.75, 3.05) is 14.2 Å². The molecule has 0 aromatic heterocycles. The molecule has 0 fully saturated rings. The van der Waals surface area contributed by atoms with E-state index in [1.165, 1.54) is 0 Å². The minimum absolute atomic E-state index is 0.0399. The normalized spacial score (nSPS) is 14.6. The van der Waals surface area contributed by atoms with Gasteiger partial charge in [-0.1, -0.05) is 6.92 Å². The molecule has 0 spiro atoms. The van der Waals surface area contributed by atoms with Crippen molar-refractivity contribution >= 4 is 5.97 Å². The van der Waals surface area contributed by atoms with Crippen LogP contribution < -0.4 is 14.2 Å². The van der Waals surface area contributed by atoms with Crippen LogP contribution in [0.5, 0.6) is 17.2 Å². The molecule has 0 amide bonds. The minimum Gasteiger partial charge on any atom is -0.496 e. The quantitative estimate of drug-likeness (QED) is 0.614. The highest BCUT2D eigenvalue weighted by molar-refractivity contribution is 5.78. The van der Waals surface area contributed by atoms with Gasteiger partial charge >= 0.3 is 12.1 Å². The molecule has 0 aliphatic heterocycles. The van der Waals surface area contributed by atoms with Crippen LogP contribution in [0.4, 0.5) is 13.2 Å². The lowest BCUT2D eigenvalue weighted by Gasteiger charge is -2.30. The Bertz CT molecular complexity index is 611. The maximum atomic E-state index is 13.2. The molecule has 0 aliphatic carbocycles. The predicted molar refractivity (Wildman–Crippen MR) is 84.9 cm³/mol. The Labute approximate surface area is 144 Å². The third-order valence-electron chi connectivity index (χ3n) is 4.17. The molecule has 5 nitrogen and oxygen atoms in total. The summed E-state index contributed by atoms with van der Waals surface area (Å²) in [7, 11) is 2.29. The molecule has 0 heterocycles. The van der Waals surface area contributed by atoms with E-state index in [9.17, 15) is 23.1 Å². The summed E-state index contributed by atoms with van der Waals surface area (Å²) in [4.78, 5) is 12.2. The summed E-state index contributed by atoms with van der Waals surface area (Å²) in [6.45, 7) is 5.78. The zero-order valence-corrected chi connectivity index (χ0v) is 15.1. The van der Waals surface area contributed by atoms with Gasteiger partial charge in [0.2, 0.25) is 0 Å². The molecule has 1 aromatic carbocycles. The second kappa shape index (κ2) is 7.11. The topological polar surface area (TPSA) is 65.0 Å². The second-order valence-corrected chi connectivity index (χ2v) is 6.40. The molecule has 1 unspecified atom stereocenters. The number of esters is 1. The van der Waals surface area contributed by atoms with Gasteiger partial charge in [-0.3, -0.25) is 4.79 Å². The molecule has 0 saturated carbocycles. The van der Waals surface area contributed by atoms with Crippen LogP contribution in [-0.2, 0) is 10.4 Å². The monoisotopic (exact) mass is 364 g/mol. The van der Waals surface area contributed by atoms with Crippen molar-refractivity contribution in [3.63, 3.8) is 0 Å². The number of hydrogen-bond donors (Lipinski definition) is 1. The van der Waals surface area contributed by atoms with E-state index in [-0.39, 0.29) is 17.2 Å². The van der Waals surface area contributed by atoms with Crippen LogP contribution in [-0.4, -0.2) is 31.5 Å². The molecule has 0 bridgehead atoms. The van der Waals surface area contributed by atoms with Crippen LogP contribution in [0.3, 0.4) is 0 Å². The van der Waals surface area contributed by atoms with Gasteiger partial charge in [-0.2, -0.15) is 13.2 Å². The molecule has 25 heavy (non-hydrogen) atoms. The first-order chi connectivity index (χ1) is 11.3. The van der Waals surface area contributed by atoms with E-state index < -0.39 is 28.7 Å². The van der Waals surface area contributed by atoms with Gasteiger partial charge in [0.15, 0.2) is 5.60 Å². The SMILES string of the molecule is CCC(C)(C)C(=O)Oc1cc(OC)c(C(C)(O)C(F)(F)F)c(OC)c1. The Morgan fingerprint density at radius 2 is 1.52 bits per heavy atom. The van der Waals surface area contributed by atoms with Gasteiger partial charge in [-0.05, 0) is 27.2 Å². The van der Waals surface area contributed by atoms with Crippen molar-refractivity contribution in [2.45, 2.75) is 45.9 Å². The van der Waals surface area contributed by atoms with Crippen molar-refractivity contribution < 1.29 is 37.3 Å². The summed E-state index contributed by atoms with van der Waals surface area (Å²) in [5.41, 5.74) is -4.58. The predicted octanol–water partition coefficient (Wildman–Crippen LogP) is 3.82. The van der Waals surface area contributed by atoms with E-state index in [2.05, 4.69) is 0 Å². The van der Waals surface area contributed by atoms with Gasteiger partial charge in [-0.15, -0.1) is 0 Å². The maximum Gasteiger partial charge on any atom is 0.421 e. The summed E-state index contributed by atoms with van der Waals surface area (Å²) in [6.07, 6.45) is -4.45. The van der Waals surface area contributed by atoms with Gasteiger partial charge in [-0.25, -0.2) is 0 Å². The minimum atomic E-state index is -4.96. The fourth-order valence-corrected chi connectivity index (χ4v) is 1.96. The smallest absolute Gasteiger partial charge is 0.421 e. The Kier molecular flexibility index (Phi) is 6.00. The standard InChI is InChI=1S/C17H23F3O5/c1-7-15(2,3)14(21)25-10-8-11(23-5)13(12(9-10)24-6)16(4,22)17(18,19)20/h8-9,22H,7H2,1-6H3. The van der Waals surface area contributed by atoms with E-state index in [0.29, 0.717) is 13.3 Å². The Hall–Kier alpha value is -1.96. The number of hydrogen-bond acceptors (Lipinski definition) is 5. The second-order valence-electron chi connectivity index (χ2n) is 6.40. The lowest BCUT2D eigenvalue weighted by Crippen LogP contribution is -2.39. The average molecular weight is 364 g/mol. The molecule has 0 aliphatic rings. The van der Waals surface area contributed by atoms with Gasteiger partial charge in [0, 0.05) is 12.1 Å². The highest BCUT2D eigenvalue weighted by Gasteiger charge is 2.54. The lowest BCUT2D eigenvalue weighted by molar-refractivity contribution is -0.259. The Balaban J connectivity index is 3.45. The summed E-state index contributed by atoms with van der Waals surface area (Å²) in [5.74, 6) is -1.20. The van der Waals surface area contributed by atoms with Gasteiger partial charge in [0.25, 0.3) is 0 Å². The van der Waals surface area contributed by atoms with Gasteiger partial charge in [0.05, 0.1) is 25.2 Å². The van der Waals surface area contributed by atoms with Crippen molar-refractivity contribution in [2.24, 2.45) is 5.41 Å². The van der Waals surface area contributed by atoms with Gasteiger partial charge in [0.1, 0.15) is 17.2 Å². The molecule has 0 radical (unpaired) electrons. The van der Waals surface area contributed by atoms with Crippen molar-refractivity contribution in [3.8, 4) is 17.2 Å². The van der Waals surface area contributed by atoms with Crippen LogP contribution in [0.1, 0.15) is 39.7 Å². The fraction of sp³-hybridized carbons (Fsp3) is 0.588. The number of methoxy groups -OCH3 is 2. The Morgan fingerprint density at radius 1 is 1.08 bits per heavy atom. The van der Waals surface area contributed by atoms with Crippen LogP contribution >= 0.6 is 0 Å². The number of alkyl halides is 3. The van der Waals surface area contributed by atoms with Crippen LogP contribution in [0.2, 0.25) is 0 Å². The van der Waals surface area contributed by atoms with Crippen molar-refractivity contribution in [3.05, 3.63) is 17.7 Å². The van der Waals surface area contributed by atoms with Gasteiger partial charge < -0.3 is 19.3 Å². The molecule has 0 saturated heterocycles. The largest absolute Gasteiger partial charge is 0.496 e. The van der Waals surface area contributed by atoms with E-state index >= 15 is 0 Å². The van der Waals surface area contributed by atoms with Crippen LogP contribution in [0, 0.1) is 5.41 Å². The van der Waals surface area contributed by atoms with Crippen LogP contribution in [0.25, 0.3) is 0 Å². The number of rotatable bonds is 6. The number of benzene rings is 1. The molecule has 1 N–H and O–H groups in total. The Morgan fingerprint density at radius 3 is 1.84 bits per heavy atom. The summed E-state index contributed by atoms with van der Waals surface area (Å²) in [6, 6.07) is 2.23. The first kappa shape index (κ1) is 21.1. The highest BCUT2D eigenvalue weighted by atomic mass is 19.4. The van der Waals surface area contributed by atoms with E-state index in [1.807, 2.05) is 6.92 Å². The van der Waals surface area contributed by atoms with E-state index in [4.69, 9.17) is 14.2 Å². The number of aliphatic hydroxyl groups is 1. The lowest BCUT2D eigenvalue weighted by atomic mass is 9.90. The maximum absolute atomic E-state index is 13.2. The molecule has 1 aromatic rings. The molecule has 8 heteroatoms. The van der Waals surface area contributed by atoms with E-state index in [0.717, 1.165) is 26.4 Å². The molecule has 1 rings (SSSR count). The summed E-state index contributed by atoms with van der Waals surface area (Å²) >= 11 is 0. The molecule has 142 valence electrons. The third kappa shape index (κ3) is 4.18.